The predicted octanol–water partition coefficient (Wildman–Crippen LogP) is 2.08. The van der Waals surface area contributed by atoms with Crippen LogP contribution in [0.5, 0.6) is 0 Å². The largest absolute Gasteiger partial charge is 0.466 e. The topological polar surface area (TPSA) is 59.4 Å². The fourth-order valence-electron chi connectivity index (χ4n) is 2.26. The molecule has 1 aromatic rings. The number of hydrogen-bond acceptors (Lipinski definition) is 5. The summed E-state index contributed by atoms with van der Waals surface area (Å²) in [5.74, 6) is -0.191. The highest BCUT2D eigenvalue weighted by Gasteiger charge is 2.39. The van der Waals surface area contributed by atoms with Crippen LogP contribution in [-0.2, 0) is 15.1 Å². The van der Waals surface area contributed by atoms with E-state index in [2.05, 4.69) is 4.98 Å². The van der Waals surface area contributed by atoms with Crippen LogP contribution < -0.4 is 0 Å². The molecule has 0 aromatic carbocycles. The monoisotopic (exact) mass is 255 g/mol. The van der Waals surface area contributed by atoms with Crippen molar-refractivity contribution < 1.29 is 14.6 Å². The number of aliphatic hydroxyl groups is 1. The first-order valence-electron chi connectivity index (χ1n) is 5.94. The number of nitrogens with zero attached hydrogens (tertiary/aromatic N) is 1. The summed E-state index contributed by atoms with van der Waals surface area (Å²) in [7, 11) is 0. The molecular weight excluding hydrogens is 238 g/mol. The standard InChI is InChI=1S/C12H17NO3S/c1-2-16-10(14)9-3-5-12(15,6-4-9)11-13-7-8-17-11/h7-9,15H,2-6H2,1H3. The first kappa shape index (κ1) is 12.5. The second kappa shape index (κ2) is 5.14. The molecule has 1 aliphatic carbocycles. The molecule has 0 aliphatic heterocycles. The van der Waals surface area contributed by atoms with E-state index in [0.717, 1.165) is 5.01 Å². The lowest BCUT2D eigenvalue weighted by atomic mass is 9.79. The molecule has 0 atom stereocenters. The summed E-state index contributed by atoms with van der Waals surface area (Å²) >= 11 is 1.47. The Labute approximate surface area is 105 Å². The van der Waals surface area contributed by atoms with Gasteiger partial charge in [0, 0.05) is 11.6 Å². The normalized spacial score (nSPS) is 28.9. The highest BCUT2D eigenvalue weighted by atomic mass is 32.1. The Hall–Kier alpha value is -0.940. The Morgan fingerprint density at radius 2 is 2.35 bits per heavy atom. The van der Waals surface area contributed by atoms with Crippen molar-refractivity contribution in [2.75, 3.05) is 6.61 Å². The van der Waals surface area contributed by atoms with Crippen LogP contribution in [0.4, 0.5) is 0 Å². The van der Waals surface area contributed by atoms with Gasteiger partial charge in [0.25, 0.3) is 0 Å². The smallest absolute Gasteiger partial charge is 0.308 e. The van der Waals surface area contributed by atoms with Gasteiger partial charge in [-0.3, -0.25) is 4.79 Å². The van der Waals surface area contributed by atoms with Crippen molar-refractivity contribution in [3.63, 3.8) is 0 Å². The summed E-state index contributed by atoms with van der Waals surface area (Å²) in [6, 6.07) is 0. The Morgan fingerprint density at radius 3 is 2.88 bits per heavy atom. The number of aromatic nitrogens is 1. The molecule has 94 valence electrons. The SMILES string of the molecule is CCOC(=O)C1CCC(O)(c2nccs2)CC1. The lowest BCUT2D eigenvalue weighted by Gasteiger charge is -2.33. The van der Waals surface area contributed by atoms with Crippen molar-refractivity contribution in [3.8, 4) is 0 Å². The van der Waals surface area contributed by atoms with E-state index < -0.39 is 5.60 Å². The Balaban J connectivity index is 1.96. The Kier molecular flexibility index (Phi) is 3.79. The van der Waals surface area contributed by atoms with Gasteiger partial charge in [-0.15, -0.1) is 11.3 Å². The lowest BCUT2D eigenvalue weighted by Crippen LogP contribution is -2.34. The quantitative estimate of drug-likeness (QED) is 0.840. The third-order valence-corrected chi connectivity index (χ3v) is 4.23. The number of carbonyl (C=O) groups is 1. The lowest BCUT2D eigenvalue weighted by molar-refractivity contribution is -0.151. The maximum atomic E-state index is 11.6. The van der Waals surface area contributed by atoms with Gasteiger partial charge in [-0.2, -0.15) is 0 Å². The number of carbonyl (C=O) groups excluding carboxylic acids is 1. The van der Waals surface area contributed by atoms with E-state index in [4.69, 9.17) is 4.74 Å². The molecule has 17 heavy (non-hydrogen) atoms. The third kappa shape index (κ3) is 2.66. The molecule has 5 heteroatoms. The van der Waals surface area contributed by atoms with E-state index in [1.165, 1.54) is 11.3 Å². The average molecular weight is 255 g/mol. The van der Waals surface area contributed by atoms with E-state index in [0.29, 0.717) is 32.3 Å². The second-order valence-corrected chi connectivity index (χ2v) is 5.29. The zero-order valence-corrected chi connectivity index (χ0v) is 10.7. The highest BCUT2D eigenvalue weighted by Crippen LogP contribution is 2.40. The van der Waals surface area contributed by atoms with E-state index in [1.54, 1.807) is 6.20 Å². The van der Waals surface area contributed by atoms with Gasteiger partial charge in [-0.1, -0.05) is 0 Å². The van der Waals surface area contributed by atoms with Crippen LogP contribution in [0, 0.1) is 5.92 Å². The van der Waals surface area contributed by atoms with Crippen LogP contribution in [0.3, 0.4) is 0 Å². The number of thiazole rings is 1. The molecule has 0 unspecified atom stereocenters. The number of ether oxygens (including phenoxy) is 1. The van der Waals surface area contributed by atoms with Crippen LogP contribution in [0.25, 0.3) is 0 Å². The van der Waals surface area contributed by atoms with Crippen LogP contribution >= 0.6 is 11.3 Å². The minimum absolute atomic E-state index is 0.0600. The molecule has 0 spiro atoms. The third-order valence-electron chi connectivity index (χ3n) is 3.26. The highest BCUT2D eigenvalue weighted by molar-refractivity contribution is 7.09. The Bertz CT molecular complexity index is 369. The molecule has 0 amide bonds. The first-order chi connectivity index (χ1) is 8.15. The molecule has 1 saturated carbocycles. The van der Waals surface area contributed by atoms with Gasteiger partial charge >= 0.3 is 5.97 Å². The summed E-state index contributed by atoms with van der Waals surface area (Å²) in [5, 5.41) is 13.1. The number of hydrogen-bond donors (Lipinski definition) is 1. The predicted molar refractivity (Wildman–Crippen MR) is 64.6 cm³/mol. The number of esters is 1. The van der Waals surface area contributed by atoms with Crippen molar-refractivity contribution in [1.82, 2.24) is 4.98 Å². The van der Waals surface area contributed by atoms with E-state index in [-0.39, 0.29) is 11.9 Å². The minimum Gasteiger partial charge on any atom is -0.466 e. The molecule has 0 radical (unpaired) electrons. The maximum absolute atomic E-state index is 11.6. The minimum atomic E-state index is -0.836. The summed E-state index contributed by atoms with van der Waals surface area (Å²) in [6.45, 7) is 2.23. The van der Waals surface area contributed by atoms with Crippen molar-refractivity contribution in [3.05, 3.63) is 16.6 Å². The molecule has 1 heterocycles. The molecule has 1 aromatic heterocycles. The van der Waals surface area contributed by atoms with Crippen LogP contribution in [-0.4, -0.2) is 22.7 Å². The van der Waals surface area contributed by atoms with Crippen LogP contribution in [0.1, 0.15) is 37.6 Å². The molecular formula is C12H17NO3S. The van der Waals surface area contributed by atoms with Crippen molar-refractivity contribution in [1.29, 1.82) is 0 Å². The van der Waals surface area contributed by atoms with Gasteiger partial charge in [-0.05, 0) is 32.6 Å². The van der Waals surface area contributed by atoms with Crippen LogP contribution in [0.15, 0.2) is 11.6 Å². The average Bonchev–Trinajstić information content (AvgIpc) is 2.84. The van der Waals surface area contributed by atoms with Crippen molar-refractivity contribution >= 4 is 17.3 Å². The van der Waals surface area contributed by atoms with Crippen molar-refractivity contribution in [2.24, 2.45) is 5.92 Å². The van der Waals surface area contributed by atoms with E-state index >= 15 is 0 Å². The zero-order chi connectivity index (χ0) is 12.3. The van der Waals surface area contributed by atoms with Gasteiger partial charge < -0.3 is 9.84 Å². The molecule has 1 fully saturated rings. The summed E-state index contributed by atoms with van der Waals surface area (Å²) in [5.41, 5.74) is -0.836. The van der Waals surface area contributed by atoms with Gasteiger partial charge in [0.05, 0.1) is 12.5 Å². The molecule has 0 bridgehead atoms. The summed E-state index contributed by atoms with van der Waals surface area (Å²) < 4.78 is 5.01. The van der Waals surface area contributed by atoms with E-state index in [1.807, 2.05) is 12.3 Å². The summed E-state index contributed by atoms with van der Waals surface area (Å²) in [6.07, 6.45) is 4.23. The zero-order valence-electron chi connectivity index (χ0n) is 9.89. The molecule has 0 saturated heterocycles. The molecule has 1 N–H and O–H groups in total. The van der Waals surface area contributed by atoms with Gasteiger partial charge in [0.15, 0.2) is 0 Å². The molecule has 4 nitrogen and oxygen atoms in total. The second-order valence-electron chi connectivity index (χ2n) is 4.40. The van der Waals surface area contributed by atoms with E-state index in [9.17, 15) is 9.90 Å². The van der Waals surface area contributed by atoms with Gasteiger partial charge in [0.1, 0.15) is 10.6 Å². The number of rotatable bonds is 3. The molecule has 1 aliphatic rings. The Morgan fingerprint density at radius 1 is 1.65 bits per heavy atom. The molecule has 2 rings (SSSR count). The first-order valence-corrected chi connectivity index (χ1v) is 6.82. The fourth-order valence-corrected chi connectivity index (χ4v) is 3.05. The van der Waals surface area contributed by atoms with Gasteiger partial charge in [-0.25, -0.2) is 4.98 Å². The van der Waals surface area contributed by atoms with Gasteiger partial charge in [0.2, 0.25) is 0 Å². The van der Waals surface area contributed by atoms with Crippen molar-refractivity contribution in [2.45, 2.75) is 38.2 Å². The maximum Gasteiger partial charge on any atom is 0.308 e. The summed E-state index contributed by atoms with van der Waals surface area (Å²) in [4.78, 5) is 15.7. The fraction of sp³-hybridized carbons (Fsp3) is 0.667. The van der Waals surface area contributed by atoms with Crippen LogP contribution in [0.2, 0.25) is 0 Å².